The van der Waals surface area contributed by atoms with Crippen molar-refractivity contribution in [2.24, 2.45) is 18.7 Å². The second-order valence-electron chi connectivity index (χ2n) is 20.5. The average Bonchev–Trinajstić information content (AvgIpc) is 3.87. The average molecular weight is 1110 g/mol. The van der Waals surface area contributed by atoms with Gasteiger partial charge in [0.25, 0.3) is 0 Å². The van der Waals surface area contributed by atoms with Gasteiger partial charge in [-0.3, -0.25) is 24.5 Å². The summed E-state index contributed by atoms with van der Waals surface area (Å²) < 4.78 is 53.5. The number of imide groups is 1. The molecule has 1 aliphatic carbocycles. The van der Waals surface area contributed by atoms with Gasteiger partial charge in [-0.1, -0.05) is 0 Å². The number of primary amides is 1. The molecule has 4 fully saturated rings. The summed E-state index contributed by atoms with van der Waals surface area (Å²) in [6.45, 7) is 9.28. The van der Waals surface area contributed by atoms with Crippen LogP contribution in [0, 0.1) is 36.6 Å². The van der Waals surface area contributed by atoms with Gasteiger partial charge >= 0.3 is 310 Å². The van der Waals surface area contributed by atoms with Crippen LogP contribution in [0.2, 0.25) is 0 Å². The molecule has 1 unspecified atom stereocenters. The first kappa shape index (κ1) is 51.1. The van der Waals surface area contributed by atoms with E-state index in [4.69, 9.17) is 15.2 Å². The monoisotopic (exact) mass is 1110 g/mol. The number of piperidine rings is 2. The standard InChI is InChI=1S/C55H65F2IN9O6/c1-33-43(56)30-46-49(48(33)50-42(52(59)70)14-15-45(51(50)57)72-27-26-68)34(2)55(73-46,38-8-5-4-6-9-38)32-60-39-10-7-11-40(29-39)62-58-66-23-16-35(17-24-66)31-65-21-18-36(19-22-65)37-12-13-41-44(28-37)64(3)63-53(41)67-25-20-47(69)61-54(67)71/h4-5,8,12-15,28,30,34-36,39-40,60,62,68H,7,10-11,16-27,29,31-32H2,1-3H3,(H2,59,70)(H,61,69,71)/q-1/t34-,39+,40?,55-/m0/s1. The van der Waals surface area contributed by atoms with E-state index < -0.39 is 35.1 Å². The van der Waals surface area contributed by atoms with Crippen molar-refractivity contribution in [3.05, 3.63) is 106 Å². The summed E-state index contributed by atoms with van der Waals surface area (Å²) in [7, 11) is 1.91. The second kappa shape index (κ2) is 21.8. The summed E-state index contributed by atoms with van der Waals surface area (Å²) in [5.74, 6) is -1.24. The number of aliphatic hydroxyl groups excluding tert-OH is 1. The number of ether oxygens (including phenoxy) is 2. The minimum atomic E-state index is -1.07. The first-order valence-electron chi connectivity index (χ1n) is 25.8. The van der Waals surface area contributed by atoms with Crippen molar-refractivity contribution in [3.63, 3.8) is 0 Å². The number of aryl methyl sites for hydroxylation is 1. The number of aromatic nitrogens is 2. The van der Waals surface area contributed by atoms with Crippen molar-refractivity contribution in [2.45, 2.75) is 101 Å². The quantitative estimate of drug-likeness (QED) is 0.0719. The molecule has 0 radical (unpaired) electrons. The number of halogens is 3. The third-order valence-electron chi connectivity index (χ3n) is 16.0. The van der Waals surface area contributed by atoms with E-state index in [1.165, 1.54) is 36.6 Å². The molecule has 388 valence electrons. The topological polar surface area (TPSA) is 180 Å². The molecular formula is C55H65F2IN9O6-. The van der Waals surface area contributed by atoms with E-state index in [9.17, 15) is 19.5 Å². The fourth-order valence-electron chi connectivity index (χ4n) is 11.9. The Labute approximate surface area is 436 Å². The van der Waals surface area contributed by atoms with E-state index in [2.05, 4.69) is 57.6 Å². The molecule has 0 bridgehead atoms. The summed E-state index contributed by atoms with van der Waals surface area (Å²) in [5, 5.41) is 21.3. The molecule has 5 heterocycles. The SMILES string of the molecule is Cc1c(F)cc2c(c1-c1c(C(N)=O)ccc(OCCO)c1F)[C@H](C)[C@@](CN[C@@H]1CCCC(N[I-]N3CCC(CN4CCC(c5ccc6c(N7CCC(=O)NC7=O)nn(C)c6c5)CC4)CC3)C1)(c1c#cccc1)O2. The number of fused-ring (bicyclic) bond motifs is 2. The van der Waals surface area contributed by atoms with Gasteiger partial charge in [-0.05, 0) is 12.1 Å². The molecule has 10 rings (SSSR count). The predicted molar refractivity (Wildman–Crippen MR) is 269 cm³/mol. The summed E-state index contributed by atoms with van der Waals surface area (Å²) >= 11 is -0.345. The Morgan fingerprint density at radius 3 is 2.56 bits per heavy atom. The zero-order valence-corrected chi connectivity index (χ0v) is 43.9. The number of nitrogens with two attached hydrogens (primary N) is 1. The molecule has 1 saturated carbocycles. The third kappa shape index (κ3) is 10.4. The van der Waals surface area contributed by atoms with Gasteiger partial charge in [-0.15, -0.1) is 0 Å². The zero-order chi connectivity index (χ0) is 51.0. The molecule has 4 aliphatic heterocycles. The third-order valence-corrected chi connectivity index (χ3v) is 18.8. The number of aliphatic hydroxyl groups is 1. The van der Waals surface area contributed by atoms with Crippen LogP contribution >= 0.6 is 0 Å². The summed E-state index contributed by atoms with van der Waals surface area (Å²) in [4.78, 5) is 41.4. The Morgan fingerprint density at radius 1 is 1.03 bits per heavy atom. The molecule has 5 aromatic rings. The molecule has 0 spiro atoms. The molecule has 73 heavy (non-hydrogen) atoms. The number of likely N-dealkylation sites (tertiary alicyclic amines) is 1. The van der Waals surface area contributed by atoms with Crippen LogP contribution in [0.3, 0.4) is 0 Å². The van der Waals surface area contributed by atoms with E-state index in [1.807, 2.05) is 30.8 Å². The van der Waals surface area contributed by atoms with Crippen molar-refractivity contribution in [1.82, 2.24) is 32.0 Å². The van der Waals surface area contributed by atoms with Gasteiger partial charge in [0, 0.05) is 25.4 Å². The molecule has 5 aliphatic rings. The van der Waals surface area contributed by atoms with E-state index in [0.29, 0.717) is 42.3 Å². The number of hydrogen-bond acceptors (Lipinski definition) is 11. The van der Waals surface area contributed by atoms with Crippen LogP contribution < -0.4 is 56.0 Å². The Hall–Kier alpha value is -5.43. The normalized spacial score (nSPS) is 23.4. The minimum absolute atomic E-state index is 0.116. The zero-order valence-electron chi connectivity index (χ0n) is 41.7. The van der Waals surface area contributed by atoms with Crippen LogP contribution in [0.4, 0.5) is 19.4 Å². The van der Waals surface area contributed by atoms with E-state index in [1.54, 1.807) is 17.9 Å². The number of rotatable bonds is 16. The molecule has 18 heteroatoms. The number of carbonyl (C=O) groups is 3. The molecule has 4 atom stereocenters. The number of amides is 4. The van der Waals surface area contributed by atoms with Crippen molar-refractivity contribution >= 4 is 34.6 Å². The van der Waals surface area contributed by atoms with Crippen LogP contribution in [-0.4, -0.2) is 112 Å². The van der Waals surface area contributed by atoms with Gasteiger partial charge in [-0.2, -0.15) is 5.10 Å². The first-order valence-corrected chi connectivity index (χ1v) is 27.8. The van der Waals surface area contributed by atoms with Crippen LogP contribution in [0.5, 0.6) is 11.5 Å². The fourth-order valence-corrected chi connectivity index (χ4v) is 14.3. The number of urea groups is 1. The number of benzene rings is 3. The van der Waals surface area contributed by atoms with Crippen LogP contribution in [0.15, 0.2) is 54.6 Å². The molecule has 6 N–H and O–H groups in total. The summed E-state index contributed by atoms with van der Waals surface area (Å²) in [5.41, 5.74) is 8.40. The van der Waals surface area contributed by atoms with Crippen LogP contribution in [-0.2, 0) is 17.4 Å². The predicted octanol–water partition coefficient (Wildman–Crippen LogP) is 3.74. The molecule has 3 saturated heterocycles. The van der Waals surface area contributed by atoms with Crippen molar-refractivity contribution in [3.8, 4) is 22.6 Å². The molecule has 4 aromatic carbocycles. The van der Waals surface area contributed by atoms with Gasteiger partial charge in [-0.25, -0.2) is 9.18 Å². The number of nitrogens with one attached hydrogen (secondary N) is 3. The van der Waals surface area contributed by atoms with Crippen molar-refractivity contribution in [2.75, 3.05) is 63.9 Å². The Morgan fingerprint density at radius 2 is 1.82 bits per heavy atom. The van der Waals surface area contributed by atoms with E-state index in [0.717, 1.165) is 87.7 Å². The molecular weight excluding hydrogens is 1050 g/mol. The maximum absolute atomic E-state index is 16.6. The van der Waals surface area contributed by atoms with Gasteiger partial charge in [0.2, 0.25) is 11.8 Å². The Bertz CT molecular complexity index is 2860. The Balaban J connectivity index is 0.727. The molecule has 15 nitrogen and oxygen atoms in total. The number of anilines is 1. The molecule has 1 aromatic heterocycles. The van der Waals surface area contributed by atoms with Crippen molar-refractivity contribution < 1.29 is 59.5 Å². The maximum atomic E-state index is 16.6. The summed E-state index contributed by atoms with van der Waals surface area (Å²) in [6.07, 6.45) is 9.05. The number of nitrogens with zero attached hydrogens (tertiary/aromatic N) is 5. The van der Waals surface area contributed by atoms with Gasteiger partial charge in [0.05, 0.1) is 6.61 Å². The van der Waals surface area contributed by atoms with Gasteiger partial charge in [0.15, 0.2) is 11.6 Å². The second-order valence-corrected chi connectivity index (χ2v) is 22.9. The van der Waals surface area contributed by atoms with Crippen LogP contribution in [0.25, 0.3) is 22.0 Å². The van der Waals surface area contributed by atoms with E-state index >= 15 is 8.78 Å². The van der Waals surface area contributed by atoms with Crippen molar-refractivity contribution in [1.29, 1.82) is 0 Å². The summed E-state index contributed by atoms with van der Waals surface area (Å²) in [6, 6.07) is 22.6. The van der Waals surface area contributed by atoms with Crippen LogP contribution in [0.1, 0.15) is 109 Å². The van der Waals surface area contributed by atoms with Gasteiger partial charge < -0.3 is 15.6 Å². The fraction of sp³-hybridized carbons (Fsp3) is 0.491. The molecule has 4 amide bonds. The number of carbonyl (C=O) groups excluding carboxylic acids is 3. The Kier molecular flexibility index (Phi) is 15.3. The first-order chi connectivity index (χ1) is 35.3. The van der Waals surface area contributed by atoms with E-state index in [-0.39, 0.29) is 87.1 Å². The number of hydrogen-bond donors (Lipinski definition) is 5. The van der Waals surface area contributed by atoms with Gasteiger partial charge in [0.1, 0.15) is 6.61 Å².